The first-order valence-electron chi connectivity index (χ1n) is 8.71. The minimum Gasteiger partial charge on any atom is -0.342 e. The van der Waals surface area contributed by atoms with Crippen molar-refractivity contribution >= 4 is 11.8 Å². The third kappa shape index (κ3) is 10.4. The van der Waals surface area contributed by atoms with Crippen LogP contribution in [0.15, 0.2) is 12.2 Å². The Hall–Kier alpha value is -1.32. The molecule has 0 atom stereocenters. The molecule has 0 aromatic rings. The van der Waals surface area contributed by atoms with Crippen LogP contribution in [0.1, 0.15) is 65.2 Å². The first kappa shape index (κ1) is 20.7. The van der Waals surface area contributed by atoms with Crippen LogP contribution < -0.4 is 0 Å². The van der Waals surface area contributed by atoms with Gasteiger partial charge in [0.25, 0.3) is 0 Å². The molecule has 0 aliphatic rings. The molecule has 0 radical (unpaired) electrons. The number of carbonyl (C=O) groups is 2. The van der Waals surface area contributed by atoms with Crippen molar-refractivity contribution in [1.82, 2.24) is 9.80 Å². The van der Waals surface area contributed by atoms with Crippen molar-refractivity contribution in [1.29, 1.82) is 0 Å². The van der Waals surface area contributed by atoms with Crippen LogP contribution >= 0.6 is 0 Å². The molecule has 22 heavy (non-hydrogen) atoms. The van der Waals surface area contributed by atoms with E-state index in [9.17, 15) is 9.59 Å². The summed E-state index contributed by atoms with van der Waals surface area (Å²) in [4.78, 5) is 27.2. The summed E-state index contributed by atoms with van der Waals surface area (Å²) in [5.74, 6) is -0.187. The van der Waals surface area contributed by atoms with E-state index in [0.29, 0.717) is 0 Å². The zero-order chi connectivity index (χ0) is 16.8. The molecule has 0 heterocycles. The SMILES string of the molecule is CCCCCCN(C)C(=O)C=CC(=O)N(C)CCCCCC. The Morgan fingerprint density at radius 2 is 1.05 bits per heavy atom. The van der Waals surface area contributed by atoms with Gasteiger partial charge in [-0.15, -0.1) is 0 Å². The molecule has 0 rings (SSSR count). The Morgan fingerprint density at radius 1 is 0.682 bits per heavy atom. The number of likely N-dealkylation sites (N-methyl/N-ethyl adjacent to an activating group) is 2. The largest absolute Gasteiger partial charge is 0.342 e. The predicted molar refractivity (Wildman–Crippen MR) is 92.7 cm³/mol. The molecule has 4 nitrogen and oxygen atoms in total. The van der Waals surface area contributed by atoms with E-state index in [1.165, 1.54) is 37.8 Å². The Bertz CT molecular complexity index is 308. The molecular weight excluding hydrogens is 276 g/mol. The highest BCUT2D eigenvalue weighted by atomic mass is 16.2. The van der Waals surface area contributed by atoms with Crippen molar-refractivity contribution in [2.75, 3.05) is 27.2 Å². The van der Waals surface area contributed by atoms with Gasteiger partial charge in [0.2, 0.25) is 11.8 Å². The van der Waals surface area contributed by atoms with Crippen molar-refractivity contribution in [2.24, 2.45) is 0 Å². The molecular formula is C18H34N2O2. The fourth-order valence-electron chi connectivity index (χ4n) is 2.17. The second-order valence-electron chi connectivity index (χ2n) is 5.97. The van der Waals surface area contributed by atoms with Gasteiger partial charge in [-0.3, -0.25) is 9.59 Å². The zero-order valence-corrected chi connectivity index (χ0v) is 14.9. The van der Waals surface area contributed by atoms with E-state index in [-0.39, 0.29) is 11.8 Å². The molecule has 2 amide bonds. The zero-order valence-electron chi connectivity index (χ0n) is 14.9. The van der Waals surface area contributed by atoms with E-state index >= 15 is 0 Å². The fourth-order valence-corrected chi connectivity index (χ4v) is 2.17. The summed E-state index contributed by atoms with van der Waals surface area (Å²) in [5, 5.41) is 0. The van der Waals surface area contributed by atoms with E-state index in [2.05, 4.69) is 13.8 Å². The molecule has 0 spiro atoms. The summed E-state index contributed by atoms with van der Waals surface area (Å²) in [6.45, 7) is 5.85. The average molecular weight is 310 g/mol. The fraction of sp³-hybridized carbons (Fsp3) is 0.778. The molecule has 128 valence electrons. The van der Waals surface area contributed by atoms with Gasteiger partial charge >= 0.3 is 0 Å². The normalized spacial score (nSPS) is 10.9. The maximum Gasteiger partial charge on any atom is 0.246 e. The third-order valence-corrected chi connectivity index (χ3v) is 3.82. The van der Waals surface area contributed by atoms with Crippen LogP contribution in [-0.2, 0) is 9.59 Å². The lowest BCUT2D eigenvalue weighted by molar-refractivity contribution is -0.127. The number of hydrogen-bond donors (Lipinski definition) is 0. The lowest BCUT2D eigenvalue weighted by Gasteiger charge is -2.16. The Morgan fingerprint density at radius 3 is 1.36 bits per heavy atom. The lowest BCUT2D eigenvalue weighted by atomic mass is 10.2. The van der Waals surface area contributed by atoms with E-state index in [1.807, 2.05) is 0 Å². The average Bonchev–Trinajstić information content (AvgIpc) is 2.52. The monoisotopic (exact) mass is 310 g/mol. The second kappa shape index (κ2) is 13.4. The van der Waals surface area contributed by atoms with Crippen LogP contribution in [0.25, 0.3) is 0 Å². The van der Waals surface area contributed by atoms with E-state index < -0.39 is 0 Å². The smallest absolute Gasteiger partial charge is 0.246 e. The molecule has 0 aliphatic heterocycles. The quantitative estimate of drug-likeness (QED) is 0.408. The molecule has 0 aromatic heterocycles. The van der Waals surface area contributed by atoms with Gasteiger partial charge in [-0.2, -0.15) is 0 Å². The molecule has 0 aliphatic carbocycles. The van der Waals surface area contributed by atoms with Crippen molar-refractivity contribution in [3.05, 3.63) is 12.2 Å². The van der Waals surface area contributed by atoms with Gasteiger partial charge in [-0.25, -0.2) is 0 Å². The molecule has 0 saturated carbocycles. The second-order valence-corrected chi connectivity index (χ2v) is 5.97. The van der Waals surface area contributed by atoms with Crippen molar-refractivity contribution in [2.45, 2.75) is 65.2 Å². The van der Waals surface area contributed by atoms with E-state index in [1.54, 1.807) is 23.9 Å². The molecule has 4 heteroatoms. The standard InChI is InChI=1S/C18H34N2O2/c1-5-7-9-11-15-19(3)17(21)13-14-18(22)20(4)16-12-10-8-6-2/h13-14H,5-12,15-16H2,1-4H3. The van der Waals surface area contributed by atoms with Gasteiger partial charge in [0, 0.05) is 39.3 Å². The minimum absolute atomic E-state index is 0.0933. The first-order valence-corrected chi connectivity index (χ1v) is 8.71. The Kier molecular flexibility index (Phi) is 12.5. The van der Waals surface area contributed by atoms with Gasteiger partial charge < -0.3 is 9.80 Å². The summed E-state index contributed by atoms with van der Waals surface area (Å²) in [6, 6.07) is 0. The van der Waals surface area contributed by atoms with Crippen molar-refractivity contribution < 1.29 is 9.59 Å². The van der Waals surface area contributed by atoms with E-state index in [0.717, 1.165) is 38.8 Å². The highest BCUT2D eigenvalue weighted by Gasteiger charge is 2.07. The topological polar surface area (TPSA) is 40.6 Å². The number of nitrogens with zero attached hydrogens (tertiary/aromatic N) is 2. The first-order chi connectivity index (χ1) is 10.5. The number of carbonyl (C=O) groups excluding carboxylic acids is 2. The third-order valence-electron chi connectivity index (χ3n) is 3.82. The van der Waals surface area contributed by atoms with Crippen molar-refractivity contribution in [3.8, 4) is 0 Å². The predicted octanol–water partition coefficient (Wildman–Crippen LogP) is 3.62. The summed E-state index contributed by atoms with van der Waals surface area (Å²) in [6.07, 6.45) is 11.9. The van der Waals surface area contributed by atoms with Crippen LogP contribution in [0, 0.1) is 0 Å². The maximum atomic E-state index is 11.9. The number of unbranched alkanes of at least 4 members (excludes halogenated alkanes) is 6. The number of hydrogen-bond acceptors (Lipinski definition) is 2. The van der Waals surface area contributed by atoms with Crippen LogP contribution in [0.5, 0.6) is 0 Å². The Labute approximate surface area is 136 Å². The van der Waals surface area contributed by atoms with Crippen LogP contribution in [0.2, 0.25) is 0 Å². The number of rotatable bonds is 12. The van der Waals surface area contributed by atoms with Gasteiger partial charge in [0.05, 0.1) is 0 Å². The van der Waals surface area contributed by atoms with Gasteiger partial charge in [0.1, 0.15) is 0 Å². The van der Waals surface area contributed by atoms with Gasteiger partial charge in [0.15, 0.2) is 0 Å². The molecule has 0 unspecified atom stereocenters. The molecule has 0 bridgehead atoms. The highest BCUT2D eigenvalue weighted by Crippen LogP contribution is 2.02. The van der Waals surface area contributed by atoms with E-state index in [4.69, 9.17) is 0 Å². The van der Waals surface area contributed by atoms with Crippen LogP contribution in [-0.4, -0.2) is 48.8 Å². The highest BCUT2D eigenvalue weighted by molar-refractivity contribution is 5.96. The van der Waals surface area contributed by atoms with Gasteiger partial charge in [-0.05, 0) is 12.8 Å². The number of amides is 2. The minimum atomic E-state index is -0.0933. The van der Waals surface area contributed by atoms with Crippen LogP contribution in [0.4, 0.5) is 0 Å². The summed E-state index contributed by atoms with van der Waals surface area (Å²) < 4.78 is 0. The lowest BCUT2D eigenvalue weighted by Crippen LogP contribution is -2.28. The molecule has 0 N–H and O–H groups in total. The summed E-state index contributed by atoms with van der Waals surface area (Å²) >= 11 is 0. The Balaban J connectivity index is 3.99. The molecule has 0 fully saturated rings. The summed E-state index contributed by atoms with van der Waals surface area (Å²) in [5.41, 5.74) is 0. The van der Waals surface area contributed by atoms with Gasteiger partial charge in [-0.1, -0.05) is 52.4 Å². The van der Waals surface area contributed by atoms with Crippen LogP contribution in [0.3, 0.4) is 0 Å². The molecule has 0 saturated heterocycles. The molecule has 0 aromatic carbocycles. The maximum absolute atomic E-state index is 11.9. The van der Waals surface area contributed by atoms with Crippen molar-refractivity contribution in [3.63, 3.8) is 0 Å². The summed E-state index contributed by atoms with van der Waals surface area (Å²) in [7, 11) is 3.58.